The number of pyridine rings is 1. The maximum atomic E-state index is 13.3. The van der Waals surface area contributed by atoms with Crippen molar-refractivity contribution in [1.82, 2.24) is 4.98 Å². The zero-order valence-corrected chi connectivity index (χ0v) is 8.13. The summed E-state index contributed by atoms with van der Waals surface area (Å²) in [4.78, 5) is 13.5. The zero-order chi connectivity index (χ0) is 11.5. The number of nitro groups is 1. The van der Waals surface area contributed by atoms with Crippen LogP contribution in [0.5, 0.6) is 0 Å². The molecule has 0 saturated carbocycles. The number of nitrogens with zero attached hydrogens (tertiary/aromatic N) is 2. The minimum atomic E-state index is -0.636. The third-order valence-electron chi connectivity index (χ3n) is 2.13. The van der Waals surface area contributed by atoms with Crippen LogP contribution in [0.1, 0.15) is 0 Å². The first-order chi connectivity index (χ1) is 7.68. The van der Waals surface area contributed by atoms with E-state index in [1.54, 1.807) is 12.1 Å². The molecule has 2 aromatic rings. The van der Waals surface area contributed by atoms with Gasteiger partial charge in [-0.2, -0.15) is 4.39 Å². The second-order valence-electron chi connectivity index (χ2n) is 3.15. The van der Waals surface area contributed by atoms with Crippen molar-refractivity contribution in [3.05, 3.63) is 58.7 Å². The fraction of sp³-hybridized carbons (Fsp3) is 0. The van der Waals surface area contributed by atoms with E-state index in [-0.39, 0.29) is 11.3 Å². The van der Waals surface area contributed by atoms with Gasteiger partial charge in [0, 0.05) is 23.9 Å². The summed E-state index contributed by atoms with van der Waals surface area (Å²) in [6.07, 6.45) is 1.33. The molecule has 5 heteroatoms. The van der Waals surface area contributed by atoms with E-state index < -0.39 is 10.9 Å². The Morgan fingerprint density at radius 3 is 2.75 bits per heavy atom. The average Bonchev–Trinajstić information content (AvgIpc) is 2.30. The molecule has 0 fully saturated rings. The fourth-order valence-corrected chi connectivity index (χ4v) is 1.39. The van der Waals surface area contributed by atoms with Crippen LogP contribution in [-0.2, 0) is 0 Å². The van der Waals surface area contributed by atoms with E-state index in [0.717, 1.165) is 0 Å². The SMILES string of the molecule is O=[N+]([O-])c1cccc(-c2cccnc2F)c1. The monoisotopic (exact) mass is 218 g/mol. The van der Waals surface area contributed by atoms with Gasteiger partial charge in [-0.15, -0.1) is 0 Å². The van der Waals surface area contributed by atoms with E-state index >= 15 is 0 Å². The summed E-state index contributed by atoms with van der Waals surface area (Å²) >= 11 is 0. The summed E-state index contributed by atoms with van der Waals surface area (Å²) in [6, 6.07) is 8.91. The van der Waals surface area contributed by atoms with Crippen molar-refractivity contribution in [3.8, 4) is 11.1 Å². The number of non-ortho nitro benzene ring substituents is 1. The zero-order valence-electron chi connectivity index (χ0n) is 8.13. The highest BCUT2D eigenvalue weighted by Crippen LogP contribution is 2.24. The minimum absolute atomic E-state index is 0.0687. The van der Waals surface area contributed by atoms with Gasteiger partial charge in [0.2, 0.25) is 5.95 Å². The first kappa shape index (κ1) is 10.2. The van der Waals surface area contributed by atoms with Gasteiger partial charge >= 0.3 is 0 Å². The lowest BCUT2D eigenvalue weighted by Gasteiger charge is -2.01. The smallest absolute Gasteiger partial charge is 0.258 e. The molecule has 1 aromatic heterocycles. The number of aromatic nitrogens is 1. The molecule has 0 spiro atoms. The Morgan fingerprint density at radius 1 is 1.25 bits per heavy atom. The van der Waals surface area contributed by atoms with Crippen LogP contribution in [0.4, 0.5) is 10.1 Å². The van der Waals surface area contributed by atoms with Crippen LogP contribution < -0.4 is 0 Å². The Morgan fingerprint density at radius 2 is 2.06 bits per heavy atom. The lowest BCUT2D eigenvalue weighted by Crippen LogP contribution is -1.90. The maximum absolute atomic E-state index is 13.3. The molecule has 0 radical (unpaired) electrons. The number of hydrogen-bond donors (Lipinski definition) is 0. The molecular formula is C11H7FN2O2. The van der Waals surface area contributed by atoms with E-state index in [0.29, 0.717) is 5.56 Å². The van der Waals surface area contributed by atoms with Crippen molar-refractivity contribution in [3.63, 3.8) is 0 Å². The van der Waals surface area contributed by atoms with Gasteiger partial charge in [-0.25, -0.2) is 4.98 Å². The van der Waals surface area contributed by atoms with Crippen LogP contribution >= 0.6 is 0 Å². The van der Waals surface area contributed by atoms with Crippen molar-refractivity contribution < 1.29 is 9.31 Å². The average molecular weight is 218 g/mol. The number of rotatable bonds is 2. The number of halogens is 1. The van der Waals surface area contributed by atoms with E-state index in [1.807, 2.05) is 0 Å². The molecule has 0 aliphatic rings. The molecule has 16 heavy (non-hydrogen) atoms. The quantitative estimate of drug-likeness (QED) is 0.442. The Bertz CT molecular complexity index is 543. The molecule has 0 amide bonds. The van der Waals surface area contributed by atoms with Crippen LogP contribution in [0, 0.1) is 16.1 Å². The standard InChI is InChI=1S/C11H7FN2O2/c12-11-10(5-2-6-13-11)8-3-1-4-9(7-8)14(15)16/h1-7H. The van der Waals surface area contributed by atoms with Crippen LogP contribution in [0.3, 0.4) is 0 Å². The van der Waals surface area contributed by atoms with Gasteiger partial charge < -0.3 is 0 Å². The van der Waals surface area contributed by atoms with Crippen molar-refractivity contribution in [2.24, 2.45) is 0 Å². The van der Waals surface area contributed by atoms with Gasteiger partial charge in [-0.1, -0.05) is 12.1 Å². The van der Waals surface area contributed by atoms with E-state index in [9.17, 15) is 14.5 Å². The van der Waals surface area contributed by atoms with Crippen LogP contribution in [0.25, 0.3) is 11.1 Å². The number of nitro benzene ring substituents is 1. The topological polar surface area (TPSA) is 56.0 Å². The molecule has 0 bridgehead atoms. The summed E-state index contributed by atoms with van der Waals surface area (Å²) in [5.74, 6) is -0.636. The molecule has 1 heterocycles. The largest absolute Gasteiger partial charge is 0.270 e. The lowest BCUT2D eigenvalue weighted by atomic mass is 10.1. The summed E-state index contributed by atoms with van der Waals surface area (Å²) in [5, 5.41) is 10.6. The molecule has 2 rings (SSSR count). The summed E-state index contributed by atoms with van der Waals surface area (Å²) in [5.41, 5.74) is 0.631. The van der Waals surface area contributed by atoms with Crippen molar-refractivity contribution in [2.75, 3.05) is 0 Å². The predicted molar refractivity (Wildman–Crippen MR) is 56.3 cm³/mol. The molecule has 0 saturated heterocycles. The van der Waals surface area contributed by atoms with Crippen molar-refractivity contribution >= 4 is 5.69 Å². The van der Waals surface area contributed by atoms with Gasteiger partial charge in [-0.05, 0) is 17.7 Å². The Labute approximate surface area is 90.5 Å². The Kier molecular flexibility index (Phi) is 2.59. The predicted octanol–water partition coefficient (Wildman–Crippen LogP) is 2.80. The highest BCUT2D eigenvalue weighted by atomic mass is 19.1. The number of benzene rings is 1. The van der Waals surface area contributed by atoms with Crippen LogP contribution in [0.2, 0.25) is 0 Å². The molecule has 4 nitrogen and oxygen atoms in total. The lowest BCUT2D eigenvalue weighted by molar-refractivity contribution is -0.384. The second kappa shape index (κ2) is 4.06. The van der Waals surface area contributed by atoms with Crippen molar-refractivity contribution in [1.29, 1.82) is 0 Å². The summed E-state index contributed by atoms with van der Waals surface area (Å²) in [7, 11) is 0. The Balaban J connectivity index is 2.53. The molecule has 0 aliphatic carbocycles. The number of hydrogen-bond acceptors (Lipinski definition) is 3. The maximum Gasteiger partial charge on any atom is 0.270 e. The second-order valence-corrected chi connectivity index (χ2v) is 3.15. The minimum Gasteiger partial charge on any atom is -0.258 e. The van der Waals surface area contributed by atoms with E-state index in [4.69, 9.17) is 0 Å². The van der Waals surface area contributed by atoms with Crippen LogP contribution in [-0.4, -0.2) is 9.91 Å². The normalized spacial score (nSPS) is 10.1. The molecule has 0 N–H and O–H groups in total. The first-order valence-electron chi connectivity index (χ1n) is 4.54. The van der Waals surface area contributed by atoms with Gasteiger partial charge in [0.1, 0.15) is 0 Å². The van der Waals surface area contributed by atoms with Crippen LogP contribution in [0.15, 0.2) is 42.6 Å². The molecule has 80 valence electrons. The first-order valence-corrected chi connectivity index (χ1v) is 4.54. The molecule has 0 aliphatic heterocycles. The molecule has 1 aromatic carbocycles. The van der Waals surface area contributed by atoms with Gasteiger partial charge in [-0.3, -0.25) is 10.1 Å². The highest BCUT2D eigenvalue weighted by Gasteiger charge is 2.10. The molecule has 0 unspecified atom stereocenters. The summed E-state index contributed by atoms with van der Waals surface area (Å²) < 4.78 is 13.3. The van der Waals surface area contributed by atoms with E-state index in [2.05, 4.69) is 4.98 Å². The third kappa shape index (κ3) is 1.88. The highest BCUT2D eigenvalue weighted by molar-refractivity contribution is 5.65. The van der Waals surface area contributed by atoms with Gasteiger partial charge in [0.05, 0.1) is 4.92 Å². The van der Waals surface area contributed by atoms with Gasteiger partial charge in [0.25, 0.3) is 5.69 Å². The van der Waals surface area contributed by atoms with Gasteiger partial charge in [0.15, 0.2) is 0 Å². The fourth-order valence-electron chi connectivity index (χ4n) is 1.39. The third-order valence-corrected chi connectivity index (χ3v) is 2.13. The van der Waals surface area contributed by atoms with E-state index in [1.165, 1.54) is 30.5 Å². The summed E-state index contributed by atoms with van der Waals surface area (Å²) in [6.45, 7) is 0. The molecular weight excluding hydrogens is 211 g/mol. The van der Waals surface area contributed by atoms with Crippen molar-refractivity contribution in [2.45, 2.75) is 0 Å². The Hall–Kier alpha value is -2.30. The molecule has 0 atom stereocenters.